The molecule has 0 aromatic heterocycles. The molecular formula is C24H30ClN5O4. The number of carbonyl (C=O) groups is 2. The number of aliphatic carboxylic acids is 2. The number of carboxylic acids is 2. The average molecular weight is 488 g/mol. The first-order valence-electron chi connectivity index (χ1n) is 11.1. The molecule has 34 heavy (non-hydrogen) atoms. The Morgan fingerprint density at radius 3 is 2.29 bits per heavy atom. The molecule has 1 aromatic rings. The third-order valence-electron chi connectivity index (χ3n) is 5.47. The smallest absolute Gasteiger partial charge is 0.328 e. The SMILES string of the molecule is Clc1ccccc1CN1CCN(CCCN2C=C3C=CC=CN3N2)CC1.O=C(O)C=CC(=O)O. The summed E-state index contributed by atoms with van der Waals surface area (Å²) in [4.78, 5) is 24.2. The Morgan fingerprint density at radius 1 is 0.971 bits per heavy atom. The van der Waals surface area contributed by atoms with E-state index in [1.165, 1.54) is 11.3 Å². The summed E-state index contributed by atoms with van der Waals surface area (Å²) in [7, 11) is 0. The zero-order chi connectivity index (χ0) is 24.3. The first kappa shape index (κ1) is 25.5. The molecule has 3 aliphatic rings. The second-order valence-electron chi connectivity index (χ2n) is 7.99. The van der Waals surface area contributed by atoms with Crippen LogP contribution in [0.3, 0.4) is 0 Å². The van der Waals surface area contributed by atoms with E-state index in [4.69, 9.17) is 21.8 Å². The van der Waals surface area contributed by atoms with Gasteiger partial charge >= 0.3 is 11.9 Å². The highest BCUT2D eigenvalue weighted by Gasteiger charge is 2.20. The van der Waals surface area contributed by atoms with Gasteiger partial charge in [-0.15, -0.1) is 5.53 Å². The minimum atomic E-state index is -1.26. The number of nitrogens with zero attached hydrogens (tertiary/aromatic N) is 4. The fourth-order valence-electron chi connectivity index (χ4n) is 3.74. The highest BCUT2D eigenvalue weighted by Crippen LogP contribution is 2.18. The van der Waals surface area contributed by atoms with Gasteiger partial charge in [0.1, 0.15) is 0 Å². The van der Waals surface area contributed by atoms with Crippen LogP contribution in [0.4, 0.5) is 0 Å². The van der Waals surface area contributed by atoms with E-state index in [1.807, 2.05) is 29.4 Å². The van der Waals surface area contributed by atoms with Gasteiger partial charge in [-0.1, -0.05) is 35.9 Å². The number of hydrazine groups is 2. The number of allylic oxidation sites excluding steroid dienone is 3. The van der Waals surface area contributed by atoms with Gasteiger partial charge in [0.15, 0.2) is 0 Å². The van der Waals surface area contributed by atoms with Crippen LogP contribution < -0.4 is 5.53 Å². The van der Waals surface area contributed by atoms with Gasteiger partial charge in [0, 0.05) is 68.8 Å². The van der Waals surface area contributed by atoms with Crippen molar-refractivity contribution in [3.8, 4) is 0 Å². The number of piperazine rings is 1. The quantitative estimate of drug-likeness (QED) is 0.477. The second kappa shape index (κ2) is 13.0. The maximum Gasteiger partial charge on any atom is 0.328 e. The average Bonchev–Trinajstić information content (AvgIpc) is 3.24. The third-order valence-corrected chi connectivity index (χ3v) is 5.84. The Kier molecular flexibility index (Phi) is 9.72. The standard InChI is InChI=1S/C20H26ClN5.C4H4O4/c21-20-8-2-1-6-18(20)16-24-14-12-23(13-15-24)9-5-10-25-17-19-7-3-4-11-26(19)22-25;5-3(6)1-2-4(7)8/h1-4,6-8,11,17,22H,5,9-10,12-16H2;1-2H,(H,5,6)(H,7,8). The van der Waals surface area contributed by atoms with Crippen molar-refractivity contribution in [2.45, 2.75) is 13.0 Å². The van der Waals surface area contributed by atoms with Crippen LogP contribution >= 0.6 is 11.6 Å². The molecule has 3 N–H and O–H groups in total. The van der Waals surface area contributed by atoms with E-state index in [0.29, 0.717) is 12.2 Å². The van der Waals surface area contributed by atoms with Crippen LogP contribution in [0.5, 0.6) is 0 Å². The molecule has 3 heterocycles. The molecule has 9 nitrogen and oxygen atoms in total. The zero-order valence-corrected chi connectivity index (χ0v) is 19.6. The molecule has 0 aliphatic carbocycles. The summed E-state index contributed by atoms with van der Waals surface area (Å²) in [5, 5.41) is 20.7. The molecule has 1 saturated heterocycles. The van der Waals surface area contributed by atoms with Crippen molar-refractivity contribution in [1.82, 2.24) is 25.4 Å². The molecule has 3 aliphatic heterocycles. The third kappa shape index (κ3) is 8.35. The van der Waals surface area contributed by atoms with Crippen LogP contribution in [0.15, 0.2) is 72.7 Å². The van der Waals surface area contributed by atoms with Crippen LogP contribution in [0.1, 0.15) is 12.0 Å². The Balaban J connectivity index is 0.000000350. The Hall–Kier alpha value is -3.11. The van der Waals surface area contributed by atoms with Gasteiger partial charge in [-0.2, -0.15) is 0 Å². The van der Waals surface area contributed by atoms with Crippen molar-refractivity contribution in [2.24, 2.45) is 0 Å². The van der Waals surface area contributed by atoms with Gasteiger partial charge in [-0.25, -0.2) is 9.59 Å². The summed E-state index contributed by atoms with van der Waals surface area (Å²) in [6.45, 7) is 7.61. The molecule has 0 amide bonds. The van der Waals surface area contributed by atoms with E-state index in [9.17, 15) is 9.59 Å². The summed E-state index contributed by atoms with van der Waals surface area (Å²) in [5.41, 5.74) is 5.79. The lowest BCUT2D eigenvalue weighted by Crippen LogP contribution is -2.46. The van der Waals surface area contributed by atoms with Crippen molar-refractivity contribution in [3.63, 3.8) is 0 Å². The Labute approximate surface area is 204 Å². The van der Waals surface area contributed by atoms with E-state index in [-0.39, 0.29) is 0 Å². The predicted octanol–water partition coefficient (Wildman–Crippen LogP) is 2.52. The molecule has 4 rings (SSSR count). The van der Waals surface area contributed by atoms with E-state index in [2.05, 4.69) is 50.8 Å². The Bertz CT molecular complexity index is 954. The van der Waals surface area contributed by atoms with E-state index in [0.717, 1.165) is 57.3 Å². The van der Waals surface area contributed by atoms with Crippen molar-refractivity contribution in [3.05, 3.63) is 83.3 Å². The lowest BCUT2D eigenvalue weighted by molar-refractivity contribution is -0.134. The number of nitrogens with one attached hydrogen (secondary N) is 1. The fourth-order valence-corrected chi connectivity index (χ4v) is 3.94. The number of halogens is 1. The maximum absolute atomic E-state index is 9.55. The molecule has 0 radical (unpaired) electrons. The minimum Gasteiger partial charge on any atom is -0.478 e. The largest absolute Gasteiger partial charge is 0.478 e. The molecule has 0 saturated carbocycles. The summed E-state index contributed by atoms with van der Waals surface area (Å²) >= 11 is 6.28. The number of hydrogen-bond acceptors (Lipinski definition) is 7. The number of hydrogen-bond donors (Lipinski definition) is 3. The normalized spacial score (nSPS) is 18.0. The van der Waals surface area contributed by atoms with Gasteiger partial charge in [0.05, 0.1) is 5.70 Å². The lowest BCUT2D eigenvalue weighted by atomic mass is 10.2. The number of fused-ring (bicyclic) bond motifs is 1. The van der Waals surface area contributed by atoms with Crippen molar-refractivity contribution in [2.75, 3.05) is 39.3 Å². The maximum atomic E-state index is 9.55. The van der Waals surface area contributed by atoms with Gasteiger partial charge in [0.2, 0.25) is 0 Å². The molecule has 182 valence electrons. The van der Waals surface area contributed by atoms with Gasteiger partial charge in [-0.05, 0) is 36.7 Å². The number of carboxylic acid groups (broad SMARTS) is 2. The molecular weight excluding hydrogens is 458 g/mol. The molecule has 1 fully saturated rings. The molecule has 0 spiro atoms. The highest BCUT2D eigenvalue weighted by molar-refractivity contribution is 6.31. The summed E-state index contributed by atoms with van der Waals surface area (Å²) < 4.78 is 0. The molecule has 0 atom stereocenters. The minimum absolute atomic E-state index is 0.558. The van der Waals surface area contributed by atoms with E-state index >= 15 is 0 Å². The summed E-state index contributed by atoms with van der Waals surface area (Å²) in [6.07, 6.45) is 12.7. The number of benzene rings is 1. The molecule has 0 bridgehead atoms. The first-order chi connectivity index (χ1) is 16.4. The van der Waals surface area contributed by atoms with Crippen LogP contribution in [0.2, 0.25) is 5.02 Å². The fraction of sp³-hybridized carbons (Fsp3) is 0.333. The van der Waals surface area contributed by atoms with Crippen LogP contribution in [-0.4, -0.2) is 81.2 Å². The highest BCUT2D eigenvalue weighted by atomic mass is 35.5. The predicted molar refractivity (Wildman–Crippen MR) is 130 cm³/mol. The van der Waals surface area contributed by atoms with Crippen LogP contribution in [0, 0.1) is 0 Å². The Morgan fingerprint density at radius 2 is 1.65 bits per heavy atom. The van der Waals surface area contributed by atoms with E-state index < -0.39 is 11.9 Å². The molecule has 1 aromatic carbocycles. The molecule has 10 heteroatoms. The monoisotopic (exact) mass is 487 g/mol. The van der Waals surface area contributed by atoms with Crippen molar-refractivity contribution in [1.29, 1.82) is 0 Å². The first-order valence-corrected chi connectivity index (χ1v) is 11.5. The van der Waals surface area contributed by atoms with Crippen LogP contribution in [-0.2, 0) is 16.1 Å². The molecule has 0 unspecified atom stereocenters. The zero-order valence-electron chi connectivity index (χ0n) is 18.9. The topological polar surface area (TPSA) is 99.6 Å². The van der Waals surface area contributed by atoms with E-state index in [1.54, 1.807) is 0 Å². The van der Waals surface area contributed by atoms with Crippen LogP contribution in [0.25, 0.3) is 0 Å². The number of rotatable bonds is 8. The van der Waals surface area contributed by atoms with Crippen molar-refractivity contribution < 1.29 is 19.8 Å². The lowest BCUT2D eigenvalue weighted by Gasteiger charge is -2.35. The van der Waals surface area contributed by atoms with Gasteiger partial charge in [0.25, 0.3) is 0 Å². The van der Waals surface area contributed by atoms with Gasteiger partial charge in [-0.3, -0.25) is 14.9 Å². The van der Waals surface area contributed by atoms with Gasteiger partial charge < -0.3 is 15.1 Å². The van der Waals surface area contributed by atoms with Crippen molar-refractivity contribution >= 4 is 23.5 Å². The summed E-state index contributed by atoms with van der Waals surface area (Å²) in [5.74, 6) is -2.51. The summed E-state index contributed by atoms with van der Waals surface area (Å²) in [6, 6.07) is 8.17. The second-order valence-corrected chi connectivity index (χ2v) is 8.40.